The topological polar surface area (TPSA) is 23.1 Å². The summed E-state index contributed by atoms with van der Waals surface area (Å²) in [5, 5.41) is 12.0. The Balaban J connectivity index is 0.00000147. The Morgan fingerprint density at radius 3 is 1.65 bits per heavy atom. The average molecular weight is 268 g/mol. The second-order valence-electron chi connectivity index (χ2n) is 4.41. The van der Waals surface area contributed by atoms with E-state index in [0.717, 1.165) is 22.3 Å². The van der Waals surface area contributed by atoms with Crippen molar-refractivity contribution in [1.29, 1.82) is 0 Å². The van der Waals surface area contributed by atoms with Crippen LogP contribution in [0.5, 0.6) is 5.75 Å². The van der Waals surface area contributed by atoms with Gasteiger partial charge in [-0.25, -0.2) is 0 Å². The molecular weight excluding hydrogens is 255 g/mol. The van der Waals surface area contributed by atoms with E-state index in [1.165, 1.54) is 0 Å². The molecule has 0 aliphatic heterocycles. The molecule has 0 unspecified atom stereocenters. The van der Waals surface area contributed by atoms with Crippen LogP contribution in [0, 0.1) is 0 Å². The summed E-state index contributed by atoms with van der Waals surface area (Å²) in [7, 11) is 0. The van der Waals surface area contributed by atoms with Crippen molar-refractivity contribution < 1.29 is 34.7 Å². The first-order chi connectivity index (χ1) is 9.36. The van der Waals surface area contributed by atoms with Gasteiger partial charge in [0.25, 0.3) is 0 Å². The molecule has 0 amide bonds. The number of hydrogen-bond donors (Lipinski definition) is 0. The van der Waals surface area contributed by atoms with Crippen molar-refractivity contribution in [3.05, 3.63) is 78.9 Å². The predicted octanol–water partition coefficient (Wildman–Crippen LogP) is 1.10. The van der Waals surface area contributed by atoms with Crippen LogP contribution in [0.25, 0.3) is 22.3 Å². The number of para-hydroxylation sites is 1. The van der Waals surface area contributed by atoms with Crippen molar-refractivity contribution in [3.8, 4) is 28.0 Å². The standard InChI is InChI=1S/C18H14O.Na/c19-18-13-7-6-12-17(18)16-11-5-4-10-15(16)14-8-2-1-3-9-14;/h1-13,19H;/q;+1/p-1. The van der Waals surface area contributed by atoms with Gasteiger partial charge < -0.3 is 5.11 Å². The Bertz CT molecular complexity index is 693. The number of hydrogen-bond acceptors (Lipinski definition) is 1. The SMILES string of the molecule is [Na+].[O-]c1ccccc1-c1ccccc1-c1ccccc1. The fraction of sp³-hybridized carbons (Fsp3) is 0. The van der Waals surface area contributed by atoms with E-state index in [-0.39, 0.29) is 35.3 Å². The van der Waals surface area contributed by atoms with E-state index >= 15 is 0 Å². The summed E-state index contributed by atoms with van der Waals surface area (Å²) in [5.74, 6) is 0.0610. The van der Waals surface area contributed by atoms with Crippen molar-refractivity contribution in [2.24, 2.45) is 0 Å². The van der Waals surface area contributed by atoms with Crippen LogP contribution in [-0.4, -0.2) is 0 Å². The molecule has 0 heterocycles. The molecule has 20 heavy (non-hydrogen) atoms. The van der Waals surface area contributed by atoms with E-state index in [4.69, 9.17) is 0 Å². The summed E-state index contributed by atoms with van der Waals surface area (Å²) in [4.78, 5) is 0. The Morgan fingerprint density at radius 1 is 0.500 bits per heavy atom. The van der Waals surface area contributed by atoms with Gasteiger partial charge in [0.05, 0.1) is 0 Å². The molecule has 0 atom stereocenters. The summed E-state index contributed by atoms with van der Waals surface area (Å²) in [5.41, 5.74) is 3.95. The molecule has 0 saturated carbocycles. The van der Waals surface area contributed by atoms with Gasteiger partial charge in [-0.1, -0.05) is 78.9 Å². The summed E-state index contributed by atoms with van der Waals surface area (Å²) in [6, 6.07) is 25.3. The van der Waals surface area contributed by atoms with Crippen molar-refractivity contribution in [1.82, 2.24) is 0 Å². The van der Waals surface area contributed by atoms with E-state index in [0.29, 0.717) is 0 Å². The van der Waals surface area contributed by atoms with Crippen LogP contribution in [0.2, 0.25) is 0 Å². The van der Waals surface area contributed by atoms with Crippen molar-refractivity contribution in [2.75, 3.05) is 0 Å². The van der Waals surface area contributed by atoms with E-state index in [9.17, 15) is 5.11 Å². The first kappa shape index (κ1) is 14.9. The van der Waals surface area contributed by atoms with Crippen LogP contribution in [0.15, 0.2) is 78.9 Å². The van der Waals surface area contributed by atoms with Crippen molar-refractivity contribution >= 4 is 0 Å². The fourth-order valence-electron chi connectivity index (χ4n) is 2.28. The molecule has 0 N–H and O–H groups in total. The third-order valence-corrected chi connectivity index (χ3v) is 3.19. The van der Waals surface area contributed by atoms with Crippen LogP contribution in [0.3, 0.4) is 0 Å². The summed E-state index contributed by atoms with van der Waals surface area (Å²) >= 11 is 0. The van der Waals surface area contributed by atoms with E-state index < -0.39 is 0 Å². The third kappa shape index (κ3) is 2.96. The molecule has 2 heteroatoms. The van der Waals surface area contributed by atoms with Crippen LogP contribution in [-0.2, 0) is 0 Å². The Hall–Kier alpha value is -1.54. The predicted molar refractivity (Wildman–Crippen MR) is 76.8 cm³/mol. The van der Waals surface area contributed by atoms with Crippen molar-refractivity contribution in [3.63, 3.8) is 0 Å². The quantitative estimate of drug-likeness (QED) is 0.638. The second kappa shape index (κ2) is 6.76. The first-order valence-electron chi connectivity index (χ1n) is 6.27. The summed E-state index contributed by atoms with van der Waals surface area (Å²) < 4.78 is 0. The smallest absolute Gasteiger partial charge is 0.872 e. The maximum Gasteiger partial charge on any atom is 1.00 e. The summed E-state index contributed by atoms with van der Waals surface area (Å²) in [6.45, 7) is 0. The fourth-order valence-corrected chi connectivity index (χ4v) is 2.28. The van der Waals surface area contributed by atoms with Gasteiger partial charge in [-0.15, -0.1) is 5.75 Å². The molecule has 0 aliphatic rings. The largest absolute Gasteiger partial charge is 1.00 e. The van der Waals surface area contributed by atoms with Gasteiger partial charge in [-0.3, -0.25) is 0 Å². The van der Waals surface area contributed by atoms with E-state index in [1.54, 1.807) is 12.1 Å². The molecule has 1 nitrogen and oxygen atoms in total. The van der Waals surface area contributed by atoms with E-state index in [1.807, 2.05) is 48.5 Å². The molecule has 0 saturated heterocycles. The molecule has 0 bridgehead atoms. The van der Waals surface area contributed by atoms with Gasteiger partial charge in [0.1, 0.15) is 0 Å². The Kier molecular flexibility index (Phi) is 5.02. The van der Waals surface area contributed by atoms with Gasteiger partial charge >= 0.3 is 29.6 Å². The molecule has 92 valence electrons. The van der Waals surface area contributed by atoms with Crippen LogP contribution in [0.1, 0.15) is 0 Å². The zero-order chi connectivity index (χ0) is 13.1. The zero-order valence-corrected chi connectivity index (χ0v) is 13.4. The van der Waals surface area contributed by atoms with Gasteiger partial charge in [-0.05, 0) is 22.3 Å². The van der Waals surface area contributed by atoms with Gasteiger partial charge in [-0.2, -0.15) is 0 Å². The van der Waals surface area contributed by atoms with Crippen LogP contribution < -0.4 is 34.7 Å². The molecule has 0 aliphatic carbocycles. The van der Waals surface area contributed by atoms with Gasteiger partial charge in [0.2, 0.25) is 0 Å². The molecule has 3 rings (SSSR count). The maximum atomic E-state index is 12.0. The summed E-state index contributed by atoms with van der Waals surface area (Å²) in [6.07, 6.45) is 0. The molecule has 3 aromatic rings. The first-order valence-corrected chi connectivity index (χ1v) is 6.27. The minimum atomic E-state index is 0. The molecule has 3 aromatic carbocycles. The van der Waals surface area contributed by atoms with Gasteiger partial charge in [0.15, 0.2) is 0 Å². The van der Waals surface area contributed by atoms with Crippen LogP contribution >= 0.6 is 0 Å². The minimum absolute atomic E-state index is 0. The second-order valence-corrected chi connectivity index (χ2v) is 4.41. The van der Waals surface area contributed by atoms with Crippen LogP contribution in [0.4, 0.5) is 0 Å². The molecule has 0 radical (unpaired) electrons. The molecular formula is C18H13NaO. The van der Waals surface area contributed by atoms with Gasteiger partial charge in [0, 0.05) is 0 Å². The Labute approximate surface area is 141 Å². The molecule has 0 fully saturated rings. The number of rotatable bonds is 2. The maximum absolute atomic E-state index is 12.0. The zero-order valence-electron chi connectivity index (χ0n) is 11.4. The molecule has 0 spiro atoms. The average Bonchev–Trinajstić information content (AvgIpc) is 2.49. The normalized spacial score (nSPS) is 9.80. The number of benzene rings is 3. The van der Waals surface area contributed by atoms with Crippen molar-refractivity contribution in [2.45, 2.75) is 0 Å². The molecule has 0 aromatic heterocycles. The van der Waals surface area contributed by atoms with E-state index in [2.05, 4.69) is 18.2 Å². The minimum Gasteiger partial charge on any atom is -0.872 e. The Morgan fingerprint density at radius 2 is 1.00 bits per heavy atom. The monoisotopic (exact) mass is 268 g/mol. The third-order valence-electron chi connectivity index (χ3n) is 3.19.